The first kappa shape index (κ1) is 12.4. The number of fused-ring (bicyclic) bond motifs is 1. The van der Waals surface area contributed by atoms with Crippen molar-refractivity contribution in [3.05, 3.63) is 60.4 Å². The van der Waals surface area contributed by atoms with Gasteiger partial charge >= 0.3 is 0 Å². The van der Waals surface area contributed by atoms with Gasteiger partial charge in [-0.05, 0) is 29.8 Å². The van der Waals surface area contributed by atoms with Gasteiger partial charge in [0.15, 0.2) is 0 Å². The van der Waals surface area contributed by atoms with E-state index in [4.69, 9.17) is 4.74 Å². The largest absolute Gasteiger partial charge is 0.508 e. The number of rotatable bonds is 4. The first-order valence-electron chi connectivity index (χ1n) is 6.43. The van der Waals surface area contributed by atoms with E-state index >= 15 is 0 Å². The van der Waals surface area contributed by atoms with E-state index in [0.717, 1.165) is 16.5 Å². The lowest BCUT2D eigenvalue weighted by molar-refractivity contribution is 0.313. The van der Waals surface area contributed by atoms with E-state index < -0.39 is 0 Å². The molecule has 0 saturated heterocycles. The molecule has 0 bridgehead atoms. The van der Waals surface area contributed by atoms with Crippen molar-refractivity contribution in [1.29, 1.82) is 0 Å². The van der Waals surface area contributed by atoms with Gasteiger partial charge in [0, 0.05) is 6.42 Å². The zero-order valence-electron chi connectivity index (χ0n) is 10.9. The van der Waals surface area contributed by atoms with Crippen molar-refractivity contribution in [3.63, 3.8) is 0 Å². The summed E-state index contributed by atoms with van der Waals surface area (Å²) in [4.78, 5) is 8.37. The third kappa shape index (κ3) is 2.69. The van der Waals surface area contributed by atoms with Gasteiger partial charge in [-0.2, -0.15) is 0 Å². The summed E-state index contributed by atoms with van der Waals surface area (Å²) in [6.07, 6.45) is 2.22. The molecule has 0 saturated carbocycles. The molecule has 3 rings (SSSR count). The maximum atomic E-state index is 9.41. The summed E-state index contributed by atoms with van der Waals surface area (Å²) in [6, 6.07) is 14.9. The molecule has 0 amide bonds. The van der Waals surface area contributed by atoms with Crippen LogP contribution >= 0.6 is 0 Å². The standard InChI is InChI=1S/C16H14N2O2/c19-13-5-3-4-12(10-13)8-9-20-16-14-6-1-2-7-15(14)17-11-18-16/h1-7,10-11,19H,8-9H2. The zero-order valence-corrected chi connectivity index (χ0v) is 10.9. The van der Waals surface area contributed by atoms with Crippen LogP contribution < -0.4 is 4.74 Å². The lowest BCUT2D eigenvalue weighted by atomic mass is 10.1. The Hall–Kier alpha value is -2.62. The molecular formula is C16H14N2O2. The zero-order chi connectivity index (χ0) is 13.8. The molecule has 0 radical (unpaired) electrons. The van der Waals surface area contributed by atoms with E-state index in [2.05, 4.69) is 9.97 Å². The predicted octanol–water partition coefficient (Wildman–Crippen LogP) is 2.96. The Labute approximate surface area is 116 Å². The lowest BCUT2D eigenvalue weighted by Crippen LogP contribution is -2.03. The Balaban J connectivity index is 1.71. The summed E-state index contributed by atoms with van der Waals surface area (Å²) >= 11 is 0. The molecule has 0 aliphatic carbocycles. The molecule has 0 fully saturated rings. The van der Waals surface area contributed by atoms with Crippen molar-refractivity contribution in [3.8, 4) is 11.6 Å². The maximum Gasteiger partial charge on any atom is 0.224 e. The van der Waals surface area contributed by atoms with Crippen molar-refractivity contribution in [2.45, 2.75) is 6.42 Å². The third-order valence-electron chi connectivity index (χ3n) is 3.05. The molecule has 0 aliphatic rings. The highest BCUT2D eigenvalue weighted by Crippen LogP contribution is 2.20. The first-order chi connectivity index (χ1) is 9.83. The van der Waals surface area contributed by atoms with Crippen molar-refractivity contribution in [1.82, 2.24) is 9.97 Å². The van der Waals surface area contributed by atoms with Crippen LogP contribution in [0, 0.1) is 0 Å². The van der Waals surface area contributed by atoms with Gasteiger partial charge in [-0.1, -0.05) is 24.3 Å². The van der Waals surface area contributed by atoms with Gasteiger partial charge in [-0.15, -0.1) is 0 Å². The van der Waals surface area contributed by atoms with Crippen LogP contribution in [0.25, 0.3) is 10.9 Å². The summed E-state index contributed by atoms with van der Waals surface area (Å²) in [6.45, 7) is 0.504. The van der Waals surface area contributed by atoms with Crippen molar-refractivity contribution >= 4 is 10.9 Å². The average Bonchev–Trinajstić information content (AvgIpc) is 2.48. The minimum atomic E-state index is 0.273. The molecule has 1 heterocycles. The number of nitrogens with zero attached hydrogens (tertiary/aromatic N) is 2. The molecule has 0 aliphatic heterocycles. The Bertz CT molecular complexity index is 723. The summed E-state index contributed by atoms with van der Waals surface area (Å²) < 4.78 is 5.73. The number of aromatic hydroxyl groups is 1. The van der Waals surface area contributed by atoms with Crippen LogP contribution in [0.15, 0.2) is 54.9 Å². The molecule has 100 valence electrons. The van der Waals surface area contributed by atoms with Gasteiger partial charge in [0.1, 0.15) is 12.1 Å². The maximum absolute atomic E-state index is 9.41. The van der Waals surface area contributed by atoms with E-state index in [9.17, 15) is 5.11 Å². The van der Waals surface area contributed by atoms with Gasteiger partial charge < -0.3 is 9.84 Å². The minimum absolute atomic E-state index is 0.273. The fourth-order valence-electron chi connectivity index (χ4n) is 2.07. The fraction of sp³-hybridized carbons (Fsp3) is 0.125. The minimum Gasteiger partial charge on any atom is -0.508 e. The number of hydrogen-bond acceptors (Lipinski definition) is 4. The number of hydrogen-bond donors (Lipinski definition) is 1. The van der Waals surface area contributed by atoms with E-state index in [1.165, 1.54) is 6.33 Å². The number of benzene rings is 2. The van der Waals surface area contributed by atoms with Gasteiger partial charge in [0.25, 0.3) is 0 Å². The van der Waals surface area contributed by atoms with Crippen LogP contribution in [-0.4, -0.2) is 21.7 Å². The van der Waals surface area contributed by atoms with E-state index in [1.807, 2.05) is 36.4 Å². The Morgan fingerprint density at radius 2 is 1.90 bits per heavy atom. The summed E-state index contributed by atoms with van der Waals surface area (Å²) in [7, 11) is 0. The highest BCUT2D eigenvalue weighted by molar-refractivity contribution is 5.82. The summed E-state index contributed by atoms with van der Waals surface area (Å²) in [5.41, 5.74) is 1.90. The molecule has 3 aromatic rings. The third-order valence-corrected chi connectivity index (χ3v) is 3.05. The number of phenolic OH excluding ortho intramolecular Hbond substituents is 1. The molecule has 4 nitrogen and oxygen atoms in total. The molecule has 0 spiro atoms. The van der Waals surface area contributed by atoms with Crippen LogP contribution in [-0.2, 0) is 6.42 Å². The monoisotopic (exact) mass is 266 g/mol. The second kappa shape index (κ2) is 5.57. The first-order valence-corrected chi connectivity index (χ1v) is 6.43. The lowest BCUT2D eigenvalue weighted by Gasteiger charge is -2.07. The predicted molar refractivity (Wildman–Crippen MR) is 76.8 cm³/mol. The average molecular weight is 266 g/mol. The number of phenols is 1. The van der Waals surface area contributed by atoms with Crippen molar-refractivity contribution in [2.24, 2.45) is 0 Å². The van der Waals surface area contributed by atoms with Crippen LogP contribution in [0.4, 0.5) is 0 Å². The second-order valence-electron chi connectivity index (χ2n) is 4.46. The van der Waals surface area contributed by atoms with Gasteiger partial charge in [-0.3, -0.25) is 0 Å². The van der Waals surface area contributed by atoms with E-state index in [-0.39, 0.29) is 5.75 Å². The highest BCUT2D eigenvalue weighted by atomic mass is 16.5. The van der Waals surface area contributed by atoms with Crippen molar-refractivity contribution < 1.29 is 9.84 Å². The van der Waals surface area contributed by atoms with Crippen LogP contribution in [0.3, 0.4) is 0 Å². The van der Waals surface area contributed by atoms with Crippen LogP contribution in [0.1, 0.15) is 5.56 Å². The molecular weight excluding hydrogens is 252 g/mol. The molecule has 1 aromatic heterocycles. The van der Waals surface area contributed by atoms with E-state index in [1.54, 1.807) is 12.1 Å². The van der Waals surface area contributed by atoms with Gasteiger partial charge in [-0.25, -0.2) is 9.97 Å². The normalized spacial score (nSPS) is 10.6. The Morgan fingerprint density at radius 1 is 1.00 bits per heavy atom. The Morgan fingerprint density at radius 3 is 2.80 bits per heavy atom. The van der Waals surface area contributed by atoms with Gasteiger partial charge in [0.05, 0.1) is 17.5 Å². The molecule has 0 unspecified atom stereocenters. The van der Waals surface area contributed by atoms with Crippen LogP contribution in [0.5, 0.6) is 11.6 Å². The molecule has 2 aromatic carbocycles. The summed E-state index contributed by atoms with van der Waals surface area (Å²) in [5, 5.41) is 10.3. The number of para-hydroxylation sites is 1. The smallest absolute Gasteiger partial charge is 0.224 e. The molecule has 4 heteroatoms. The van der Waals surface area contributed by atoms with Crippen LogP contribution in [0.2, 0.25) is 0 Å². The summed E-state index contributed by atoms with van der Waals surface area (Å²) in [5.74, 6) is 0.866. The Kier molecular flexibility index (Phi) is 3.46. The van der Waals surface area contributed by atoms with Gasteiger partial charge in [0.2, 0.25) is 5.88 Å². The number of ether oxygens (including phenoxy) is 1. The number of aromatic nitrogens is 2. The SMILES string of the molecule is Oc1cccc(CCOc2ncnc3ccccc23)c1. The highest BCUT2D eigenvalue weighted by Gasteiger charge is 2.04. The second-order valence-corrected chi connectivity index (χ2v) is 4.46. The molecule has 1 N–H and O–H groups in total. The molecule has 0 atom stereocenters. The molecule has 20 heavy (non-hydrogen) atoms. The topological polar surface area (TPSA) is 55.2 Å². The quantitative estimate of drug-likeness (QED) is 0.788. The van der Waals surface area contributed by atoms with Crippen molar-refractivity contribution in [2.75, 3.05) is 6.61 Å². The fourth-order valence-corrected chi connectivity index (χ4v) is 2.07. The van der Waals surface area contributed by atoms with E-state index in [0.29, 0.717) is 18.9 Å².